The van der Waals surface area contributed by atoms with E-state index in [1.807, 2.05) is 37.3 Å². The minimum absolute atomic E-state index is 0.0765. The van der Waals surface area contributed by atoms with Gasteiger partial charge in [-0.1, -0.05) is 30.3 Å². The van der Waals surface area contributed by atoms with Crippen molar-refractivity contribution < 1.29 is 9.85 Å². The van der Waals surface area contributed by atoms with Gasteiger partial charge >= 0.3 is 5.69 Å². The summed E-state index contributed by atoms with van der Waals surface area (Å²) in [5.74, 6) is 0. The van der Waals surface area contributed by atoms with Gasteiger partial charge in [-0.25, -0.2) is 0 Å². The molecule has 8 nitrogen and oxygen atoms in total. The minimum atomic E-state index is -0.699. The van der Waals surface area contributed by atoms with Crippen molar-refractivity contribution in [3.05, 3.63) is 80.4 Å². The highest BCUT2D eigenvalue weighted by molar-refractivity contribution is 5.84. The van der Waals surface area contributed by atoms with Crippen molar-refractivity contribution in [2.45, 2.75) is 6.92 Å². The molecule has 0 saturated carbocycles. The first-order valence-electron chi connectivity index (χ1n) is 6.93. The van der Waals surface area contributed by atoms with Crippen LogP contribution in [-0.2, 0) is 0 Å². The standard InChI is InChI=1S/C16H14N4O4/c1-12(13-5-3-2-4-6-13)9-10-17-18-15-8-7-14(19(21)22)11-16(15)20(23)24/h2-11,18H,1H3. The van der Waals surface area contributed by atoms with Crippen molar-refractivity contribution in [2.75, 3.05) is 5.43 Å². The number of nitro benzene ring substituents is 2. The summed E-state index contributed by atoms with van der Waals surface area (Å²) in [4.78, 5) is 20.3. The van der Waals surface area contributed by atoms with Gasteiger partial charge < -0.3 is 0 Å². The van der Waals surface area contributed by atoms with Crippen molar-refractivity contribution in [1.82, 2.24) is 0 Å². The Morgan fingerprint density at radius 3 is 2.42 bits per heavy atom. The molecule has 0 atom stereocenters. The third-order valence-electron chi connectivity index (χ3n) is 3.20. The largest absolute Gasteiger partial charge is 0.301 e. The lowest BCUT2D eigenvalue weighted by molar-refractivity contribution is -0.393. The molecule has 2 rings (SSSR count). The Bertz CT molecular complexity index is 816. The summed E-state index contributed by atoms with van der Waals surface area (Å²) < 4.78 is 0. The fourth-order valence-electron chi connectivity index (χ4n) is 1.93. The molecular weight excluding hydrogens is 312 g/mol. The molecule has 0 aliphatic rings. The molecule has 0 heterocycles. The van der Waals surface area contributed by atoms with Crippen LogP contribution in [0.5, 0.6) is 0 Å². The van der Waals surface area contributed by atoms with Crippen molar-refractivity contribution >= 4 is 28.8 Å². The Balaban J connectivity index is 2.14. The van der Waals surface area contributed by atoms with E-state index >= 15 is 0 Å². The van der Waals surface area contributed by atoms with Gasteiger partial charge in [0.2, 0.25) is 0 Å². The summed E-state index contributed by atoms with van der Waals surface area (Å²) in [5.41, 5.74) is 3.85. The van der Waals surface area contributed by atoms with Crippen LogP contribution in [0.25, 0.3) is 5.57 Å². The molecule has 8 heteroatoms. The van der Waals surface area contributed by atoms with E-state index < -0.39 is 15.5 Å². The van der Waals surface area contributed by atoms with Crippen molar-refractivity contribution in [1.29, 1.82) is 0 Å². The second-order valence-electron chi connectivity index (χ2n) is 4.82. The Morgan fingerprint density at radius 1 is 1.08 bits per heavy atom. The van der Waals surface area contributed by atoms with E-state index in [0.29, 0.717) is 0 Å². The number of benzene rings is 2. The molecule has 0 spiro atoms. The molecule has 2 aromatic carbocycles. The Kier molecular flexibility index (Phi) is 5.35. The van der Waals surface area contributed by atoms with Crippen molar-refractivity contribution in [3.8, 4) is 0 Å². The number of anilines is 1. The van der Waals surface area contributed by atoms with Crippen molar-refractivity contribution in [3.63, 3.8) is 0 Å². The predicted molar refractivity (Wildman–Crippen MR) is 92.0 cm³/mol. The second-order valence-corrected chi connectivity index (χ2v) is 4.82. The van der Waals surface area contributed by atoms with Gasteiger partial charge in [-0.15, -0.1) is 0 Å². The van der Waals surface area contributed by atoms with Gasteiger partial charge in [0.1, 0.15) is 5.69 Å². The Morgan fingerprint density at radius 2 is 1.79 bits per heavy atom. The van der Waals surface area contributed by atoms with Gasteiger partial charge in [0, 0.05) is 12.3 Å². The molecule has 0 saturated heterocycles. The Hall–Kier alpha value is -3.55. The molecule has 0 aliphatic heterocycles. The number of nitrogens with zero attached hydrogens (tertiary/aromatic N) is 3. The van der Waals surface area contributed by atoms with Gasteiger partial charge in [0.25, 0.3) is 5.69 Å². The number of hydrogen-bond acceptors (Lipinski definition) is 6. The first-order chi connectivity index (χ1) is 11.5. The number of nitro groups is 2. The molecule has 2 aromatic rings. The molecule has 0 amide bonds. The van der Waals surface area contributed by atoms with Crippen LogP contribution < -0.4 is 5.43 Å². The van der Waals surface area contributed by atoms with E-state index in [1.54, 1.807) is 6.08 Å². The maximum absolute atomic E-state index is 11.0. The number of nitrogens with one attached hydrogen (secondary N) is 1. The fourth-order valence-corrected chi connectivity index (χ4v) is 1.93. The quantitative estimate of drug-likeness (QED) is 0.490. The summed E-state index contributed by atoms with van der Waals surface area (Å²) in [5, 5.41) is 25.6. The highest BCUT2D eigenvalue weighted by Gasteiger charge is 2.18. The van der Waals surface area contributed by atoms with Gasteiger partial charge in [-0.3, -0.25) is 25.7 Å². The van der Waals surface area contributed by atoms with Crippen LogP contribution in [0.4, 0.5) is 17.1 Å². The molecule has 0 aromatic heterocycles. The van der Waals surface area contributed by atoms with Crippen LogP contribution in [0, 0.1) is 20.2 Å². The summed E-state index contributed by atoms with van der Waals surface area (Å²) in [6, 6.07) is 13.0. The van der Waals surface area contributed by atoms with E-state index in [0.717, 1.165) is 17.2 Å². The first kappa shape index (κ1) is 16.8. The van der Waals surface area contributed by atoms with Crippen LogP contribution >= 0.6 is 0 Å². The molecule has 0 radical (unpaired) electrons. The number of rotatable bonds is 6. The highest BCUT2D eigenvalue weighted by Crippen LogP contribution is 2.28. The monoisotopic (exact) mass is 326 g/mol. The maximum Gasteiger partial charge on any atom is 0.301 e. The number of hydrazone groups is 1. The predicted octanol–water partition coefficient (Wildman–Crippen LogP) is 4.00. The van der Waals surface area contributed by atoms with E-state index in [1.165, 1.54) is 18.3 Å². The summed E-state index contributed by atoms with van der Waals surface area (Å²) >= 11 is 0. The minimum Gasteiger partial charge on any atom is -0.272 e. The Labute approximate surface area is 137 Å². The fraction of sp³-hybridized carbons (Fsp3) is 0.0625. The zero-order valence-electron chi connectivity index (χ0n) is 12.7. The summed E-state index contributed by atoms with van der Waals surface area (Å²) in [6.07, 6.45) is 3.22. The average molecular weight is 326 g/mol. The lowest BCUT2D eigenvalue weighted by Gasteiger charge is -2.02. The van der Waals surface area contributed by atoms with Gasteiger partial charge in [0.05, 0.1) is 15.9 Å². The lowest BCUT2D eigenvalue weighted by atomic mass is 10.1. The summed E-state index contributed by atoms with van der Waals surface area (Å²) in [6.45, 7) is 1.91. The number of non-ortho nitro benzene ring substituents is 1. The zero-order valence-corrected chi connectivity index (χ0v) is 12.7. The molecule has 122 valence electrons. The first-order valence-corrected chi connectivity index (χ1v) is 6.93. The molecule has 1 N–H and O–H groups in total. The normalized spacial score (nSPS) is 11.5. The number of allylic oxidation sites excluding steroid dienone is 2. The topological polar surface area (TPSA) is 111 Å². The van der Waals surface area contributed by atoms with Crippen molar-refractivity contribution in [2.24, 2.45) is 5.10 Å². The SMILES string of the molecule is CC(=CC=NNc1ccc([N+](=O)[O-])cc1[N+](=O)[O-])c1ccccc1. The zero-order chi connectivity index (χ0) is 17.5. The third-order valence-corrected chi connectivity index (χ3v) is 3.20. The molecule has 24 heavy (non-hydrogen) atoms. The van der Waals surface area contributed by atoms with Crippen LogP contribution in [0.1, 0.15) is 12.5 Å². The number of hydrogen-bond donors (Lipinski definition) is 1. The van der Waals surface area contributed by atoms with Crippen LogP contribution in [0.15, 0.2) is 59.7 Å². The summed E-state index contributed by atoms with van der Waals surface area (Å²) in [7, 11) is 0. The van der Waals surface area contributed by atoms with Crippen LogP contribution in [0.2, 0.25) is 0 Å². The van der Waals surface area contributed by atoms with Crippen LogP contribution in [-0.4, -0.2) is 16.1 Å². The molecule has 0 aliphatic carbocycles. The van der Waals surface area contributed by atoms with Gasteiger partial charge in [-0.05, 0) is 30.2 Å². The van der Waals surface area contributed by atoms with E-state index in [2.05, 4.69) is 10.5 Å². The van der Waals surface area contributed by atoms with E-state index in [-0.39, 0.29) is 11.4 Å². The molecular formula is C16H14N4O4. The maximum atomic E-state index is 11.0. The highest BCUT2D eigenvalue weighted by atomic mass is 16.6. The third kappa shape index (κ3) is 4.23. The van der Waals surface area contributed by atoms with Gasteiger partial charge in [-0.2, -0.15) is 5.10 Å². The molecule has 0 unspecified atom stereocenters. The van der Waals surface area contributed by atoms with E-state index in [9.17, 15) is 20.2 Å². The smallest absolute Gasteiger partial charge is 0.272 e. The van der Waals surface area contributed by atoms with E-state index in [4.69, 9.17) is 0 Å². The molecule has 0 fully saturated rings. The van der Waals surface area contributed by atoms with Gasteiger partial charge in [0.15, 0.2) is 0 Å². The van der Waals surface area contributed by atoms with Crippen LogP contribution in [0.3, 0.4) is 0 Å². The lowest BCUT2D eigenvalue weighted by Crippen LogP contribution is -1.98. The molecule has 0 bridgehead atoms. The second kappa shape index (κ2) is 7.63. The average Bonchev–Trinajstić information content (AvgIpc) is 2.59.